The van der Waals surface area contributed by atoms with Crippen LogP contribution in [-0.2, 0) is 9.63 Å². The third kappa shape index (κ3) is 5.45. The molecule has 26 heavy (non-hydrogen) atoms. The molecule has 3 rings (SSSR count). The van der Waals surface area contributed by atoms with E-state index in [4.69, 9.17) is 4.84 Å². The Morgan fingerprint density at radius 1 is 1.19 bits per heavy atom. The molecule has 1 atom stereocenters. The Labute approximate surface area is 157 Å². The summed E-state index contributed by atoms with van der Waals surface area (Å²) < 4.78 is 0. The molecule has 0 unspecified atom stereocenters. The van der Waals surface area contributed by atoms with Crippen LogP contribution in [0.15, 0.2) is 24.3 Å². The quantitative estimate of drug-likeness (QED) is 0.842. The van der Waals surface area contributed by atoms with Gasteiger partial charge in [0, 0.05) is 44.3 Å². The van der Waals surface area contributed by atoms with Crippen LogP contribution >= 0.6 is 0 Å². The first-order valence-corrected chi connectivity index (χ1v) is 10.1. The first-order valence-electron chi connectivity index (χ1n) is 10.1. The average Bonchev–Trinajstić information content (AvgIpc) is 2.67. The van der Waals surface area contributed by atoms with Gasteiger partial charge in [0.15, 0.2) is 0 Å². The van der Waals surface area contributed by atoms with Crippen molar-refractivity contribution in [1.29, 1.82) is 0 Å². The summed E-state index contributed by atoms with van der Waals surface area (Å²) >= 11 is 0. The Hall–Kier alpha value is -1.59. The molecule has 1 aromatic rings. The first kappa shape index (κ1) is 19.2. The van der Waals surface area contributed by atoms with Crippen molar-refractivity contribution in [2.24, 2.45) is 0 Å². The second kappa shape index (κ2) is 9.38. The second-order valence-corrected chi connectivity index (χ2v) is 7.82. The fraction of sp³-hybridized carbons (Fsp3) is 0.667. The lowest BCUT2D eigenvalue weighted by Crippen LogP contribution is -2.46. The molecule has 0 spiro atoms. The minimum Gasteiger partial charge on any atom is -0.381 e. The number of hydrogen-bond acceptors (Lipinski definition) is 4. The number of carbonyl (C=O) groups excluding carboxylic acids is 1. The van der Waals surface area contributed by atoms with E-state index in [0.29, 0.717) is 24.9 Å². The molecule has 1 aromatic carbocycles. The van der Waals surface area contributed by atoms with Crippen molar-refractivity contribution in [3.8, 4) is 0 Å². The van der Waals surface area contributed by atoms with E-state index in [9.17, 15) is 4.79 Å². The highest BCUT2D eigenvalue weighted by molar-refractivity contribution is 5.76. The van der Waals surface area contributed by atoms with Crippen molar-refractivity contribution in [3.05, 3.63) is 29.8 Å². The zero-order chi connectivity index (χ0) is 18.4. The van der Waals surface area contributed by atoms with Gasteiger partial charge in [-0.05, 0) is 49.3 Å². The minimum absolute atomic E-state index is 0.251. The summed E-state index contributed by atoms with van der Waals surface area (Å²) in [4.78, 5) is 20.2. The lowest BCUT2D eigenvalue weighted by molar-refractivity contribution is -0.182. The SMILES string of the molecule is CC(C)c1ccc(N[C@H]2CCCN(C(=O)CCN3CCCCO3)C2)cc1. The van der Waals surface area contributed by atoms with Crippen LogP contribution in [0.4, 0.5) is 5.69 Å². The number of anilines is 1. The number of carbonyl (C=O) groups is 1. The Morgan fingerprint density at radius 2 is 2.00 bits per heavy atom. The highest BCUT2D eigenvalue weighted by Gasteiger charge is 2.24. The molecule has 2 aliphatic rings. The van der Waals surface area contributed by atoms with E-state index in [0.717, 1.165) is 51.2 Å². The van der Waals surface area contributed by atoms with Gasteiger partial charge in [-0.15, -0.1) is 0 Å². The van der Waals surface area contributed by atoms with Gasteiger partial charge in [-0.3, -0.25) is 9.63 Å². The Morgan fingerprint density at radius 3 is 2.69 bits per heavy atom. The van der Waals surface area contributed by atoms with E-state index < -0.39 is 0 Å². The molecule has 2 aliphatic heterocycles. The number of nitrogens with one attached hydrogen (secondary N) is 1. The summed E-state index contributed by atoms with van der Waals surface area (Å²) in [5.74, 6) is 0.802. The van der Waals surface area contributed by atoms with Crippen LogP contribution in [0.25, 0.3) is 0 Å². The van der Waals surface area contributed by atoms with E-state index in [-0.39, 0.29) is 5.91 Å². The monoisotopic (exact) mass is 359 g/mol. The van der Waals surface area contributed by atoms with Crippen LogP contribution in [0, 0.1) is 0 Å². The fourth-order valence-electron chi connectivity index (χ4n) is 3.72. The zero-order valence-corrected chi connectivity index (χ0v) is 16.2. The molecule has 1 N–H and O–H groups in total. The van der Waals surface area contributed by atoms with Gasteiger partial charge in [0.05, 0.1) is 6.61 Å². The van der Waals surface area contributed by atoms with Crippen molar-refractivity contribution in [2.75, 3.05) is 38.1 Å². The number of amides is 1. The molecule has 144 valence electrons. The van der Waals surface area contributed by atoms with Crippen molar-refractivity contribution >= 4 is 11.6 Å². The van der Waals surface area contributed by atoms with Gasteiger partial charge in [0.25, 0.3) is 0 Å². The second-order valence-electron chi connectivity index (χ2n) is 7.82. The first-order chi connectivity index (χ1) is 12.6. The van der Waals surface area contributed by atoms with Crippen molar-refractivity contribution < 1.29 is 9.63 Å². The largest absolute Gasteiger partial charge is 0.381 e. The van der Waals surface area contributed by atoms with Crippen molar-refractivity contribution in [3.63, 3.8) is 0 Å². The number of nitrogens with zero attached hydrogens (tertiary/aromatic N) is 2. The van der Waals surface area contributed by atoms with Crippen LogP contribution in [0.1, 0.15) is 57.4 Å². The number of hydrogen-bond donors (Lipinski definition) is 1. The average molecular weight is 360 g/mol. The van der Waals surface area contributed by atoms with Gasteiger partial charge in [-0.25, -0.2) is 0 Å². The highest BCUT2D eigenvalue weighted by atomic mass is 16.7. The number of hydroxylamine groups is 2. The molecule has 5 heteroatoms. The van der Waals surface area contributed by atoms with Gasteiger partial charge in [-0.2, -0.15) is 5.06 Å². The normalized spacial score (nSPS) is 21.8. The van der Waals surface area contributed by atoms with Gasteiger partial charge in [0.2, 0.25) is 5.91 Å². The van der Waals surface area contributed by atoms with Gasteiger partial charge in [0.1, 0.15) is 0 Å². The maximum atomic E-state index is 12.6. The lowest BCUT2D eigenvalue weighted by Gasteiger charge is -2.34. The summed E-state index contributed by atoms with van der Waals surface area (Å²) in [6, 6.07) is 9.03. The molecule has 5 nitrogen and oxygen atoms in total. The highest BCUT2D eigenvalue weighted by Crippen LogP contribution is 2.20. The maximum absolute atomic E-state index is 12.6. The van der Waals surface area contributed by atoms with Crippen LogP contribution in [0.5, 0.6) is 0 Å². The Kier molecular flexibility index (Phi) is 6.92. The number of likely N-dealkylation sites (tertiary alicyclic amines) is 1. The molecule has 2 heterocycles. The zero-order valence-electron chi connectivity index (χ0n) is 16.2. The summed E-state index contributed by atoms with van der Waals surface area (Å²) in [5, 5.41) is 5.56. The molecule has 2 fully saturated rings. The third-order valence-electron chi connectivity index (χ3n) is 5.37. The van der Waals surface area contributed by atoms with E-state index in [1.807, 2.05) is 9.96 Å². The molecule has 0 bridgehead atoms. The molecule has 2 saturated heterocycles. The predicted octanol–water partition coefficient (Wildman–Crippen LogP) is 3.63. The summed E-state index contributed by atoms with van der Waals surface area (Å²) in [6.45, 7) is 8.55. The molecule has 0 aliphatic carbocycles. The topological polar surface area (TPSA) is 44.8 Å². The lowest BCUT2D eigenvalue weighted by atomic mass is 10.0. The standard InChI is InChI=1S/C21H33N3O2/c1-17(2)18-7-9-19(10-8-18)22-20-6-5-12-23(16-20)21(25)11-14-24-13-3-4-15-26-24/h7-10,17,20,22H,3-6,11-16H2,1-2H3/t20-/m0/s1. The molecule has 0 radical (unpaired) electrons. The number of rotatable bonds is 6. The Balaban J connectivity index is 1.46. The molecule has 0 aromatic heterocycles. The molecule has 0 saturated carbocycles. The summed E-state index contributed by atoms with van der Waals surface area (Å²) in [5.41, 5.74) is 2.51. The minimum atomic E-state index is 0.251. The smallest absolute Gasteiger partial charge is 0.224 e. The van der Waals surface area contributed by atoms with Crippen LogP contribution < -0.4 is 5.32 Å². The number of piperidine rings is 1. The van der Waals surface area contributed by atoms with E-state index in [1.54, 1.807) is 0 Å². The molecular formula is C21H33N3O2. The van der Waals surface area contributed by atoms with Crippen molar-refractivity contribution in [2.45, 2.75) is 57.9 Å². The van der Waals surface area contributed by atoms with Crippen LogP contribution in [0.2, 0.25) is 0 Å². The maximum Gasteiger partial charge on any atom is 0.224 e. The number of benzene rings is 1. The summed E-state index contributed by atoms with van der Waals surface area (Å²) in [7, 11) is 0. The van der Waals surface area contributed by atoms with Crippen LogP contribution in [0.3, 0.4) is 0 Å². The Bertz CT molecular complexity index is 567. The van der Waals surface area contributed by atoms with Crippen LogP contribution in [-0.4, -0.2) is 54.7 Å². The van der Waals surface area contributed by atoms with Gasteiger partial charge >= 0.3 is 0 Å². The summed E-state index contributed by atoms with van der Waals surface area (Å²) in [6.07, 6.45) is 5.02. The fourth-order valence-corrected chi connectivity index (χ4v) is 3.72. The van der Waals surface area contributed by atoms with E-state index >= 15 is 0 Å². The molecular weight excluding hydrogens is 326 g/mol. The molecule has 1 amide bonds. The van der Waals surface area contributed by atoms with E-state index in [2.05, 4.69) is 43.4 Å². The van der Waals surface area contributed by atoms with Gasteiger partial charge < -0.3 is 10.2 Å². The predicted molar refractivity (Wildman–Crippen MR) is 105 cm³/mol. The third-order valence-corrected chi connectivity index (χ3v) is 5.37. The van der Waals surface area contributed by atoms with Gasteiger partial charge in [-0.1, -0.05) is 26.0 Å². The van der Waals surface area contributed by atoms with Crippen molar-refractivity contribution in [1.82, 2.24) is 9.96 Å². The van der Waals surface area contributed by atoms with E-state index in [1.165, 1.54) is 12.0 Å².